The first-order valence-corrected chi connectivity index (χ1v) is 7.99. The maximum atomic E-state index is 12.6. The second-order valence-corrected chi connectivity index (χ2v) is 5.82. The minimum absolute atomic E-state index is 0.00463. The number of piperidine rings is 1. The molecular formula is C15H29N3O2. The molecular weight excluding hydrogens is 254 g/mol. The van der Waals surface area contributed by atoms with Crippen molar-refractivity contribution in [1.82, 2.24) is 15.1 Å². The Bertz CT molecular complexity index is 312. The van der Waals surface area contributed by atoms with Crippen molar-refractivity contribution in [3.8, 4) is 0 Å². The quantitative estimate of drug-likeness (QED) is 0.800. The summed E-state index contributed by atoms with van der Waals surface area (Å²) in [7, 11) is 1.91. The minimum atomic E-state index is 0.00463. The van der Waals surface area contributed by atoms with Gasteiger partial charge >= 0.3 is 0 Å². The Labute approximate surface area is 122 Å². The van der Waals surface area contributed by atoms with Gasteiger partial charge < -0.3 is 19.9 Å². The van der Waals surface area contributed by atoms with Crippen LogP contribution in [0.2, 0.25) is 0 Å². The lowest BCUT2D eigenvalue weighted by Gasteiger charge is -2.38. The van der Waals surface area contributed by atoms with Gasteiger partial charge in [-0.25, -0.2) is 0 Å². The number of ether oxygens (including phenoxy) is 1. The van der Waals surface area contributed by atoms with Crippen LogP contribution in [0.25, 0.3) is 0 Å². The first-order chi connectivity index (χ1) is 9.71. The van der Waals surface area contributed by atoms with E-state index in [9.17, 15) is 4.79 Å². The van der Waals surface area contributed by atoms with Crippen LogP contribution >= 0.6 is 0 Å². The molecule has 2 rings (SSSR count). The Hall–Kier alpha value is -0.650. The zero-order valence-electron chi connectivity index (χ0n) is 13.1. The fraction of sp³-hybridized carbons (Fsp3) is 0.933. The number of amides is 1. The molecule has 0 aromatic carbocycles. The molecule has 2 unspecified atom stereocenters. The number of rotatable bonds is 5. The number of carbonyl (C=O) groups is 1. The summed E-state index contributed by atoms with van der Waals surface area (Å²) in [4.78, 5) is 17.1. The Morgan fingerprint density at radius 3 is 2.45 bits per heavy atom. The normalized spacial score (nSPS) is 28.3. The van der Waals surface area contributed by atoms with E-state index >= 15 is 0 Å². The molecule has 1 amide bonds. The molecule has 0 spiro atoms. The minimum Gasteiger partial charge on any atom is -0.379 e. The van der Waals surface area contributed by atoms with Crippen LogP contribution in [-0.4, -0.2) is 74.2 Å². The third-order valence-corrected chi connectivity index (χ3v) is 4.87. The van der Waals surface area contributed by atoms with E-state index in [1.807, 2.05) is 11.9 Å². The Morgan fingerprint density at radius 1 is 1.25 bits per heavy atom. The zero-order chi connectivity index (χ0) is 14.5. The van der Waals surface area contributed by atoms with E-state index in [1.165, 1.54) is 0 Å². The van der Waals surface area contributed by atoms with Gasteiger partial charge in [-0.3, -0.25) is 4.79 Å². The fourth-order valence-corrected chi connectivity index (χ4v) is 3.51. The second-order valence-electron chi connectivity index (χ2n) is 5.82. The lowest BCUT2D eigenvalue weighted by atomic mass is 9.98. The molecule has 116 valence electrons. The van der Waals surface area contributed by atoms with Crippen LogP contribution in [0.3, 0.4) is 0 Å². The molecule has 2 heterocycles. The number of nitrogens with one attached hydrogen (secondary N) is 1. The summed E-state index contributed by atoms with van der Waals surface area (Å²) in [5, 5.41) is 3.20. The first-order valence-electron chi connectivity index (χ1n) is 7.99. The third-order valence-electron chi connectivity index (χ3n) is 4.87. The van der Waals surface area contributed by atoms with Gasteiger partial charge in [0.25, 0.3) is 0 Å². The van der Waals surface area contributed by atoms with Gasteiger partial charge in [0, 0.05) is 25.2 Å². The summed E-state index contributed by atoms with van der Waals surface area (Å²) in [6.45, 7) is 9.66. The third kappa shape index (κ3) is 3.32. The molecule has 5 heteroatoms. The molecule has 0 aliphatic carbocycles. The van der Waals surface area contributed by atoms with Gasteiger partial charge in [0.15, 0.2) is 0 Å². The number of hydrogen-bond acceptors (Lipinski definition) is 4. The van der Waals surface area contributed by atoms with Gasteiger partial charge in [-0.1, -0.05) is 13.8 Å². The molecule has 20 heavy (non-hydrogen) atoms. The molecule has 0 aromatic rings. The van der Waals surface area contributed by atoms with E-state index in [0.717, 1.165) is 39.0 Å². The van der Waals surface area contributed by atoms with E-state index in [2.05, 4.69) is 24.1 Å². The predicted octanol–water partition coefficient (Wildman–Crippen LogP) is 0.554. The summed E-state index contributed by atoms with van der Waals surface area (Å²) < 4.78 is 5.45. The SMILES string of the molecule is CCN(CC)C1CCN(C(=O)C2COCC2NC)CC1. The van der Waals surface area contributed by atoms with Crippen LogP contribution in [0.15, 0.2) is 0 Å². The van der Waals surface area contributed by atoms with Crippen LogP contribution in [-0.2, 0) is 9.53 Å². The monoisotopic (exact) mass is 283 g/mol. The number of nitrogens with zero attached hydrogens (tertiary/aromatic N) is 2. The Morgan fingerprint density at radius 2 is 1.90 bits per heavy atom. The molecule has 2 fully saturated rings. The molecule has 2 atom stereocenters. The fourth-order valence-electron chi connectivity index (χ4n) is 3.51. The first kappa shape index (κ1) is 15.7. The number of likely N-dealkylation sites (tertiary alicyclic amines) is 1. The van der Waals surface area contributed by atoms with Crippen LogP contribution in [0.5, 0.6) is 0 Å². The summed E-state index contributed by atoms with van der Waals surface area (Å²) >= 11 is 0. The standard InChI is InChI=1S/C15H29N3O2/c1-4-17(5-2)12-6-8-18(9-7-12)15(19)13-10-20-11-14(13)16-3/h12-14,16H,4-11H2,1-3H3. The van der Waals surface area contributed by atoms with E-state index in [-0.39, 0.29) is 17.9 Å². The predicted molar refractivity (Wildman–Crippen MR) is 79.7 cm³/mol. The molecule has 2 aliphatic rings. The molecule has 0 saturated carbocycles. The summed E-state index contributed by atoms with van der Waals surface area (Å²) in [6, 6.07) is 0.831. The van der Waals surface area contributed by atoms with Crippen LogP contribution in [0, 0.1) is 5.92 Å². The molecule has 0 aromatic heterocycles. The van der Waals surface area contributed by atoms with Crippen molar-refractivity contribution in [3.05, 3.63) is 0 Å². The molecule has 0 radical (unpaired) electrons. The van der Waals surface area contributed by atoms with Gasteiger partial charge in [-0.15, -0.1) is 0 Å². The molecule has 2 saturated heterocycles. The van der Waals surface area contributed by atoms with Crippen molar-refractivity contribution in [3.63, 3.8) is 0 Å². The van der Waals surface area contributed by atoms with Crippen LogP contribution in [0.4, 0.5) is 0 Å². The van der Waals surface area contributed by atoms with E-state index in [1.54, 1.807) is 0 Å². The number of hydrogen-bond donors (Lipinski definition) is 1. The van der Waals surface area contributed by atoms with E-state index in [4.69, 9.17) is 4.74 Å². The van der Waals surface area contributed by atoms with Gasteiger partial charge in [-0.2, -0.15) is 0 Å². The maximum Gasteiger partial charge on any atom is 0.229 e. The highest BCUT2D eigenvalue weighted by molar-refractivity contribution is 5.80. The van der Waals surface area contributed by atoms with Crippen molar-refractivity contribution < 1.29 is 9.53 Å². The highest BCUT2D eigenvalue weighted by Crippen LogP contribution is 2.21. The highest BCUT2D eigenvalue weighted by atomic mass is 16.5. The van der Waals surface area contributed by atoms with Crippen molar-refractivity contribution in [1.29, 1.82) is 0 Å². The second kappa shape index (κ2) is 7.38. The van der Waals surface area contributed by atoms with Crippen LogP contribution < -0.4 is 5.32 Å². The van der Waals surface area contributed by atoms with Crippen molar-refractivity contribution in [2.24, 2.45) is 5.92 Å². The Balaban J connectivity index is 1.85. The Kier molecular flexibility index (Phi) is 5.81. The summed E-state index contributed by atoms with van der Waals surface area (Å²) in [5.41, 5.74) is 0. The topological polar surface area (TPSA) is 44.8 Å². The smallest absolute Gasteiger partial charge is 0.229 e. The summed E-state index contributed by atoms with van der Waals surface area (Å²) in [5.74, 6) is 0.282. The van der Waals surface area contributed by atoms with Crippen molar-refractivity contribution >= 4 is 5.91 Å². The van der Waals surface area contributed by atoms with Gasteiger partial charge in [0.2, 0.25) is 5.91 Å². The number of carbonyl (C=O) groups excluding carboxylic acids is 1. The van der Waals surface area contributed by atoms with E-state index in [0.29, 0.717) is 19.3 Å². The van der Waals surface area contributed by atoms with Gasteiger partial charge in [0.05, 0.1) is 19.1 Å². The molecule has 2 aliphatic heterocycles. The number of likely N-dealkylation sites (N-methyl/N-ethyl adjacent to an activating group) is 1. The average molecular weight is 283 g/mol. The average Bonchev–Trinajstić information content (AvgIpc) is 2.97. The highest BCUT2D eigenvalue weighted by Gasteiger charge is 2.37. The van der Waals surface area contributed by atoms with Gasteiger partial charge in [0.1, 0.15) is 0 Å². The molecule has 0 bridgehead atoms. The van der Waals surface area contributed by atoms with Crippen molar-refractivity contribution in [2.75, 3.05) is 46.4 Å². The maximum absolute atomic E-state index is 12.6. The molecule has 1 N–H and O–H groups in total. The van der Waals surface area contributed by atoms with E-state index < -0.39 is 0 Å². The van der Waals surface area contributed by atoms with Crippen molar-refractivity contribution in [2.45, 2.75) is 38.8 Å². The molecule has 5 nitrogen and oxygen atoms in total. The van der Waals surface area contributed by atoms with Gasteiger partial charge in [-0.05, 0) is 33.0 Å². The van der Waals surface area contributed by atoms with Crippen LogP contribution in [0.1, 0.15) is 26.7 Å². The zero-order valence-corrected chi connectivity index (χ0v) is 13.1. The summed E-state index contributed by atoms with van der Waals surface area (Å²) in [6.07, 6.45) is 2.20. The lowest BCUT2D eigenvalue weighted by molar-refractivity contribution is -0.137. The largest absolute Gasteiger partial charge is 0.379 e. The lowest BCUT2D eigenvalue weighted by Crippen LogP contribution is -2.50.